The third kappa shape index (κ3) is 8.27. The third-order valence-corrected chi connectivity index (χ3v) is 17.6. The molecule has 0 radical (unpaired) electrons. The number of hydrogen-bond donors (Lipinski definition) is 7. The Morgan fingerprint density at radius 2 is 1.58 bits per heavy atom. The monoisotopic (exact) mass is 901 g/mol. The quantitative estimate of drug-likeness (QED) is 0.167. The predicted octanol–water partition coefficient (Wildman–Crippen LogP) is 2.60. The van der Waals surface area contributed by atoms with E-state index >= 15 is 0 Å². The smallest absolute Gasteiger partial charge is 0.407 e. The number of Topliss-reactive ketones (excluding diaryl/α,β-unsaturated/α-hetero) is 1. The molecule has 16 heteroatoms. The number of carbonyl (C=O) groups is 2. The van der Waals surface area contributed by atoms with Crippen LogP contribution in [0.4, 0.5) is 4.79 Å². The van der Waals surface area contributed by atoms with Gasteiger partial charge in [-0.15, -0.1) is 0 Å². The van der Waals surface area contributed by atoms with E-state index < -0.39 is 86.5 Å². The molecule has 4 aliphatic heterocycles. The molecule has 0 aromatic heterocycles. The van der Waals surface area contributed by atoms with Crippen LogP contribution in [0.1, 0.15) is 91.0 Å². The lowest BCUT2D eigenvalue weighted by Crippen LogP contribution is -2.65. The van der Waals surface area contributed by atoms with Gasteiger partial charge in [0, 0.05) is 31.2 Å². The summed E-state index contributed by atoms with van der Waals surface area (Å²) in [4.78, 5) is 27.0. The summed E-state index contributed by atoms with van der Waals surface area (Å²) in [5.41, 5.74) is 0.686. The first-order chi connectivity index (χ1) is 30.6. The van der Waals surface area contributed by atoms with E-state index in [9.17, 15) is 40.2 Å². The van der Waals surface area contributed by atoms with Gasteiger partial charge in [-0.05, 0) is 97.3 Å². The minimum Gasteiger partial charge on any atom is -0.447 e. The minimum absolute atomic E-state index is 0.0413. The van der Waals surface area contributed by atoms with Gasteiger partial charge in [0.2, 0.25) is 0 Å². The van der Waals surface area contributed by atoms with Crippen LogP contribution in [0.2, 0.25) is 0 Å². The zero-order valence-electron chi connectivity index (χ0n) is 37.6. The molecule has 5 unspecified atom stereocenters. The summed E-state index contributed by atoms with van der Waals surface area (Å²) in [6, 6.07) is 9.53. The SMILES string of the molecule is C[C@@H]1CC[C@@]2(OC1)OC1CC3C4CC[C@H]5C[C@@H](O[C@@H]6O[C@@H](CO)[C@@H](O[C@@H]7O[C@@H](COC(=O)NCCc8ccccc8)[C@@H](O)[C@H](O)[C@@H]7O)[C@H](O)[C@@H]6O)CC[C@]5(C)C4C(=O)C[C@]3(C)C1[C@@H]2C. The van der Waals surface area contributed by atoms with Crippen molar-refractivity contribution in [1.82, 2.24) is 5.32 Å². The summed E-state index contributed by atoms with van der Waals surface area (Å²) in [5.74, 6) is 1.77. The minimum atomic E-state index is -1.81. The Kier molecular flexibility index (Phi) is 13.4. The molecule has 1 amide bonds. The molecule has 8 fully saturated rings. The van der Waals surface area contributed by atoms with Gasteiger partial charge in [-0.1, -0.05) is 58.0 Å². The maximum atomic E-state index is 14.6. The van der Waals surface area contributed by atoms with Crippen LogP contribution in [0.15, 0.2) is 30.3 Å². The van der Waals surface area contributed by atoms with E-state index in [-0.39, 0.29) is 47.3 Å². The lowest BCUT2D eigenvalue weighted by Gasteiger charge is -2.60. The van der Waals surface area contributed by atoms with E-state index in [1.165, 1.54) is 0 Å². The van der Waals surface area contributed by atoms with Crippen molar-refractivity contribution in [3.63, 3.8) is 0 Å². The van der Waals surface area contributed by atoms with Crippen molar-refractivity contribution in [2.24, 2.45) is 52.3 Å². The molecule has 8 aliphatic rings. The molecule has 4 aliphatic carbocycles. The molecule has 9 rings (SSSR count). The average Bonchev–Trinajstić information content (AvgIpc) is 3.72. The van der Waals surface area contributed by atoms with Gasteiger partial charge in [0.1, 0.15) is 61.2 Å². The second-order valence-electron chi connectivity index (χ2n) is 21.3. The molecule has 16 nitrogen and oxygen atoms in total. The van der Waals surface area contributed by atoms with Crippen molar-refractivity contribution in [2.75, 3.05) is 26.4 Å². The second-order valence-corrected chi connectivity index (χ2v) is 21.3. The summed E-state index contributed by atoms with van der Waals surface area (Å²) in [5, 5.41) is 67.9. The van der Waals surface area contributed by atoms with E-state index in [1.54, 1.807) is 0 Å². The number of fused-ring (bicyclic) bond motifs is 7. The zero-order chi connectivity index (χ0) is 45.3. The Morgan fingerprint density at radius 3 is 2.31 bits per heavy atom. The number of hydrogen-bond acceptors (Lipinski definition) is 15. The highest BCUT2D eigenvalue weighted by Crippen LogP contribution is 2.70. The van der Waals surface area contributed by atoms with Crippen molar-refractivity contribution in [2.45, 2.75) is 171 Å². The van der Waals surface area contributed by atoms with Crippen LogP contribution < -0.4 is 5.32 Å². The van der Waals surface area contributed by atoms with Gasteiger partial charge < -0.3 is 69.1 Å². The summed E-state index contributed by atoms with van der Waals surface area (Å²) in [6.07, 6.45) is -8.53. The molecule has 4 heterocycles. The number of amides is 1. The summed E-state index contributed by atoms with van der Waals surface area (Å²) < 4.78 is 42.7. The Balaban J connectivity index is 0.788. The Bertz CT molecular complexity index is 1800. The Hall–Kier alpha value is -2.32. The van der Waals surface area contributed by atoms with Crippen LogP contribution in [0, 0.1) is 52.3 Å². The number of nitrogens with one attached hydrogen (secondary N) is 1. The maximum absolute atomic E-state index is 14.6. The molecule has 1 aromatic rings. The highest BCUT2D eigenvalue weighted by atomic mass is 16.7. The van der Waals surface area contributed by atoms with Gasteiger partial charge in [0.05, 0.1) is 25.4 Å². The standard InChI is InChI=1S/C48H71NO15/c1-24-12-16-48(59-22-24)25(2)35-32(64-48)19-30-29-11-10-27-18-28(13-15-46(27,3)36(29)31(51)20-47(30,35)4)60-43-41(56)39(54)42(33(21-50)61-43)63-44-40(55)38(53)37(52)34(62-44)23-58-45(57)49-17-14-26-8-6-5-7-9-26/h5-9,24-25,27-30,32-44,50,52-56H,10-23H2,1-4H3,(H,49,57)/t24-,25+,27+,28+,29?,30?,32?,33+,34+,35?,36?,37-,38+,39-,40+,41+,42-,43-,44+,46+,47+,48-/m1/s1. The molecule has 4 saturated carbocycles. The maximum Gasteiger partial charge on any atom is 0.407 e. The van der Waals surface area contributed by atoms with Crippen LogP contribution in [0.25, 0.3) is 0 Å². The Labute approximate surface area is 375 Å². The van der Waals surface area contributed by atoms with Crippen molar-refractivity contribution >= 4 is 11.9 Å². The normalized spacial score (nSPS) is 50.0. The fourth-order valence-corrected chi connectivity index (χ4v) is 14.2. The van der Waals surface area contributed by atoms with Crippen molar-refractivity contribution in [1.29, 1.82) is 0 Å². The van der Waals surface area contributed by atoms with E-state index in [0.29, 0.717) is 55.1 Å². The van der Waals surface area contributed by atoms with Gasteiger partial charge >= 0.3 is 6.09 Å². The van der Waals surface area contributed by atoms with Crippen LogP contribution in [-0.4, -0.2) is 148 Å². The van der Waals surface area contributed by atoms with E-state index in [2.05, 4.69) is 33.0 Å². The molecular formula is C48H71NO15. The molecule has 7 N–H and O–H groups in total. The number of alkyl carbamates (subject to hydrolysis) is 1. The number of aliphatic hydroxyl groups is 6. The van der Waals surface area contributed by atoms with Crippen molar-refractivity contribution in [3.8, 4) is 0 Å². The lowest BCUT2D eigenvalue weighted by molar-refractivity contribution is -0.364. The molecule has 358 valence electrons. The predicted molar refractivity (Wildman–Crippen MR) is 226 cm³/mol. The van der Waals surface area contributed by atoms with Gasteiger partial charge in [0.15, 0.2) is 18.4 Å². The van der Waals surface area contributed by atoms with Gasteiger partial charge in [-0.3, -0.25) is 4.79 Å². The van der Waals surface area contributed by atoms with Crippen LogP contribution >= 0.6 is 0 Å². The largest absolute Gasteiger partial charge is 0.447 e. The number of ketones is 1. The molecule has 1 spiro atoms. The topological polar surface area (TPSA) is 232 Å². The number of rotatable bonds is 10. The fraction of sp³-hybridized carbons (Fsp3) is 0.833. The summed E-state index contributed by atoms with van der Waals surface area (Å²) in [6.45, 7) is 9.03. The lowest BCUT2D eigenvalue weighted by atomic mass is 9.44. The molecule has 22 atom stereocenters. The zero-order valence-corrected chi connectivity index (χ0v) is 37.6. The molecule has 64 heavy (non-hydrogen) atoms. The van der Waals surface area contributed by atoms with E-state index in [0.717, 1.165) is 50.7 Å². The molecular weight excluding hydrogens is 831 g/mol. The summed E-state index contributed by atoms with van der Waals surface area (Å²) >= 11 is 0. The number of ether oxygens (including phenoxy) is 7. The number of aliphatic hydroxyl groups excluding tert-OH is 6. The van der Waals surface area contributed by atoms with Crippen LogP contribution in [-0.2, 0) is 44.4 Å². The first kappa shape index (κ1) is 46.8. The van der Waals surface area contributed by atoms with Crippen LogP contribution in [0.3, 0.4) is 0 Å². The fourth-order valence-electron chi connectivity index (χ4n) is 14.2. The van der Waals surface area contributed by atoms with Crippen LogP contribution in [0.5, 0.6) is 0 Å². The van der Waals surface area contributed by atoms with Gasteiger partial charge in [0.25, 0.3) is 0 Å². The Morgan fingerprint density at radius 1 is 0.844 bits per heavy atom. The number of benzene rings is 1. The number of carbonyl (C=O) groups excluding carboxylic acids is 2. The first-order valence-corrected chi connectivity index (χ1v) is 24.0. The first-order valence-electron chi connectivity index (χ1n) is 24.0. The van der Waals surface area contributed by atoms with E-state index in [1.807, 2.05) is 30.3 Å². The molecule has 4 saturated heterocycles. The molecule has 0 bridgehead atoms. The highest BCUT2D eigenvalue weighted by molar-refractivity contribution is 5.84. The van der Waals surface area contributed by atoms with Gasteiger partial charge in [-0.2, -0.15) is 0 Å². The second kappa shape index (κ2) is 18.3. The van der Waals surface area contributed by atoms with Crippen molar-refractivity contribution < 1.29 is 73.4 Å². The van der Waals surface area contributed by atoms with Gasteiger partial charge in [-0.25, -0.2) is 4.79 Å². The third-order valence-electron chi connectivity index (χ3n) is 17.6. The highest BCUT2D eigenvalue weighted by Gasteiger charge is 2.71. The average molecular weight is 902 g/mol. The van der Waals surface area contributed by atoms with Crippen molar-refractivity contribution in [3.05, 3.63) is 35.9 Å². The van der Waals surface area contributed by atoms with E-state index in [4.69, 9.17) is 33.2 Å². The molecule has 1 aromatic carbocycles. The summed E-state index contributed by atoms with van der Waals surface area (Å²) in [7, 11) is 0.